The van der Waals surface area contributed by atoms with Gasteiger partial charge in [0.1, 0.15) is 0 Å². The summed E-state index contributed by atoms with van der Waals surface area (Å²) in [4.78, 5) is 4.12. The number of aryl methyl sites for hydroxylation is 1. The van der Waals surface area contributed by atoms with Gasteiger partial charge >= 0.3 is 0 Å². The van der Waals surface area contributed by atoms with Crippen LogP contribution in [0, 0.1) is 0 Å². The Morgan fingerprint density at radius 3 is 2.81 bits per heavy atom. The molecule has 0 aliphatic rings. The smallest absolute Gasteiger partial charge is 0.153 e. The molecule has 2 aromatic heterocycles. The first-order chi connectivity index (χ1) is 7.74. The number of hydrogen-bond acceptors (Lipinski definition) is 4. The zero-order valence-corrected chi connectivity index (χ0v) is 10.6. The van der Waals surface area contributed by atoms with Gasteiger partial charge < -0.3 is 5.32 Å². The predicted octanol–water partition coefficient (Wildman–Crippen LogP) is 1.28. The topological polar surface area (TPSA) is 55.6 Å². The summed E-state index contributed by atoms with van der Waals surface area (Å²) in [7, 11) is 3.77. The number of rotatable bonds is 3. The van der Waals surface area contributed by atoms with E-state index < -0.39 is 0 Å². The van der Waals surface area contributed by atoms with Crippen LogP contribution in [0.5, 0.6) is 0 Å². The van der Waals surface area contributed by atoms with Crippen molar-refractivity contribution in [1.29, 1.82) is 0 Å². The molecular weight excluding hydrogens is 270 g/mol. The molecule has 0 aliphatic carbocycles. The van der Waals surface area contributed by atoms with E-state index in [-0.39, 0.29) is 6.04 Å². The summed E-state index contributed by atoms with van der Waals surface area (Å²) in [5, 5.41) is 11.2. The van der Waals surface area contributed by atoms with Crippen molar-refractivity contribution in [2.75, 3.05) is 7.05 Å². The largest absolute Gasteiger partial charge is 0.308 e. The fourth-order valence-corrected chi connectivity index (χ4v) is 2.21. The van der Waals surface area contributed by atoms with Crippen molar-refractivity contribution in [2.45, 2.75) is 6.04 Å². The van der Waals surface area contributed by atoms with Crippen LogP contribution in [-0.4, -0.2) is 27.0 Å². The van der Waals surface area contributed by atoms with Gasteiger partial charge in [0.05, 0.1) is 11.7 Å². The summed E-state index contributed by atoms with van der Waals surface area (Å²) in [6.07, 6.45) is 3.59. The number of halogens is 1. The van der Waals surface area contributed by atoms with E-state index >= 15 is 0 Å². The Bertz CT molecular complexity index is 448. The van der Waals surface area contributed by atoms with E-state index in [0.29, 0.717) is 0 Å². The molecule has 5 nitrogen and oxygen atoms in total. The monoisotopic (exact) mass is 281 g/mol. The average molecular weight is 282 g/mol. The summed E-state index contributed by atoms with van der Waals surface area (Å²) in [5.74, 6) is 0. The minimum Gasteiger partial charge on any atom is -0.308 e. The van der Waals surface area contributed by atoms with E-state index in [9.17, 15) is 0 Å². The third-order valence-electron chi connectivity index (χ3n) is 2.41. The Balaban J connectivity index is 2.45. The van der Waals surface area contributed by atoms with Crippen molar-refractivity contribution in [1.82, 2.24) is 25.3 Å². The Kier molecular flexibility index (Phi) is 3.31. The van der Waals surface area contributed by atoms with Crippen molar-refractivity contribution in [3.8, 4) is 0 Å². The number of nitrogens with one attached hydrogen (secondary N) is 1. The normalized spacial score (nSPS) is 12.7. The first-order valence-electron chi connectivity index (χ1n) is 4.86. The summed E-state index contributed by atoms with van der Waals surface area (Å²) >= 11 is 3.40. The minimum absolute atomic E-state index is 0.0306. The molecule has 0 aromatic carbocycles. The summed E-state index contributed by atoms with van der Waals surface area (Å²) < 4.78 is 2.50. The highest BCUT2D eigenvalue weighted by molar-refractivity contribution is 9.10. The summed E-state index contributed by atoms with van der Waals surface area (Å²) in [6, 6.07) is 3.97. The zero-order valence-electron chi connectivity index (χ0n) is 9.05. The van der Waals surface area contributed by atoms with Gasteiger partial charge in [0.2, 0.25) is 0 Å². The highest BCUT2D eigenvalue weighted by Crippen LogP contribution is 2.25. The van der Waals surface area contributed by atoms with Gasteiger partial charge in [-0.2, -0.15) is 0 Å². The van der Waals surface area contributed by atoms with Crippen LogP contribution in [0.25, 0.3) is 0 Å². The maximum absolute atomic E-state index is 4.12. The van der Waals surface area contributed by atoms with Crippen molar-refractivity contribution in [3.05, 3.63) is 40.4 Å². The Labute approximate surface area is 102 Å². The maximum Gasteiger partial charge on any atom is 0.153 e. The molecule has 0 fully saturated rings. The van der Waals surface area contributed by atoms with E-state index in [1.54, 1.807) is 10.9 Å². The minimum atomic E-state index is 0.0306. The predicted molar refractivity (Wildman–Crippen MR) is 63.8 cm³/mol. The lowest BCUT2D eigenvalue weighted by molar-refractivity contribution is 0.595. The second-order valence-corrected chi connectivity index (χ2v) is 4.15. The van der Waals surface area contributed by atoms with E-state index in [1.165, 1.54) is 0 Å². The molecule has 2 aromatic rings. The van der Waals surface area contributed by atoms with Gasteiger partial charge in [-0.25, -0.2) is 4.68 Å². The van der Waals surface area contributed by atoms with Crippen molar-refractivity contribution >= 4 is 15.9 Å². The molecule has 0 aliphatic heterocycles. The van der Waals surface area contributed by atoms with Crippen LogP contribution in [0.1, 0.15) is 17.3 Å². The van der Waals surface area contributed by atoms with Crippen LogP contribution < -0.4 is 5.32 Å². The van der Waals surface area contributed by atoms with Gasteiger partial charge in [0.25, 0.3) is 0 Å². The number of hydrogen-bond donors (Lipinski definition) is 1. The van der Waals surface area contributed by atoms with Gasteiger partial charge in [0, 0.05) is 19.4 Å². The van der Waals surface area contributed by atoms with Crippen molar-refractivity contribution < 1.29 is 0 Å². The highest BCUT2D eigenvalue weighted by atomic mass is 79.9. The molecule has 0 amide bonds. The molecule has 2 rings (SSSR count). The first kappa shape index (κ1) is 11.2. The third kappa shape index (κ3) is 1.98. The van der Waals surface area contributed by atoms with E-state index in [2.05, 4.69) is 36.5 Å². The molecule has 16 heavy (non-hydrogen) atoms. The van der Waals surface area contributed by atoms with Crippen LogP contribution >= 0.6 is 15.9 Å². The zero-order chi connectivity index (χ0) is 11.5. The molecule has 1 unspecified atom stereocenters. The Morgan fingerprint density at radius 2 is 2.31 bits per heavy atom. The van der Waals surface area contributed by atoms with E-state index in [0.717, 1.165) is 15.9 Å². The van der Waals surface area contributed by atoms with Gasteiger partial charge in [-0.1, -0.05) is 11.3 Å². The average Bonchev–Trinajstić information content (AvgIpc) is 2.63. The lowest BCUT2D eigenvalue weighted by Gasteiger charge is -2.16. The number of nitrogens with zero attached hydrogens (tertiary/aromatic N) is 4. The molecule has 1 atom stereocenters. The number of pyridine rings is 1. The highest BCUT2D eigenvalue weighted by Gasteiger charge is 2.20. The van der Waals surface area contributed by atoms with Crippen LogP contribution in [-0.2, 0) is 7.05 Å². The molecular formula is C10H12BrN5. The quantitative estimate of drug-likeness (QED) is 0.921. The standard InChI is InChI=1S/C10H12BrN5/c1-12-8(7-4-3-5-13-6-7)9-10(11)14-15-16(9)2/h3-6,8,12H,1-2H3. The lowest BCUT2D eigenvalue weighted by atomic mass is 10.1. The van der Waals surface area contributed by atoms with E-state index in [1.807, 2.05) is 32.4 Å². The molecule has 1 N–H and O–H groups in total. The fraction of sp³-hybridized carbons (Fsp3) is 0.300. The van der Waals surface area contributed by atoms with Crippen molar-refractivity contribution in [2.24, 2.45) is 7.05 Å². The van der Waals surface area contributed by atoms with Crippen LogP contribution in [0.2, 0.25) is 0 Å². The van der Waals surface area contributed by atoms with Gasteiger partial charge in [0.15, 0.2) is 4.60 Å². The second kappa shape index (κ2) is 4.71. The van der Waals surface area contributed by atoms with Crippen LogP contribution in [0.3, 0.4) is 0 Å². The summed E-state index contributed by atoms with van der Waals surface area (Å²) in [5.41, 5.74) is 2.06. The lowest BCUT2D eigenvalue weighted by Crippen LogP contribution is -2.21. The summed E-state index contributed by atoms with van der Waals surface area (Å²) in [6.45, 7) is 0. The molecule has 6 heteroatoms. The third-order valence-corrected chi connectivity index (χ3v) is 2.97. The van der Waals surface area contributed by atoms with Crippen LogP contribution in [0.4, 0.5) is 0 Å². The number of aromatic nitrogens is 4. The fourth-order valence-electron chi connectivity index (χ4n) is 1.65. The molecule has 2 heterocycles. The molecule has 0 saturated heterocycles. The molecule has 0 bridgehead atoms. The second-order valence-electron chi connectivity index (χ2n) is 3.40. The molecule has 0 radical (unpaired) electrons. The van der Waals surface area contributed by atoms with Gasteiger partial charge in [-0.15, -0.1) is 5.10 Å². The van der Waals surface area contributed by atoms with Gasteiger partial charge in [-0.3, -0.25) is 4.98 Å². The van der Waals surface area contributed by atoms with Crippen molar-refractivity contribution in [3.63, 3.8) is 0 Å². The Morgan fingerprint density at radius 1 is 1.50 bits per heavy atom. The molecule has 0 spiro atoms. The molecule has 0 saturated carbocycles. The molecule has 84 valence electrons. The van der Waals surface area contributed by atoms with Crippen LogP contribution in [0.15, 0.2) is 29.1 Å². The van der Waals surface area contributed by atoms with E-state index in [4.69, 9.17) is 0 Å². The SMILES string of the molecule is CNC(c1cccnc1)c1c(Br)nnn1C. The first-order valence-corrected chi connectivity index (χ1v) is 5.65. The maximum atomic E-state index is 4.12. The Hall–Kier alpha value is -1.27. The van der Waals surface area contributed by atoms with Gasteiger partial charge in [-0.05, 0) is 34.6 Å².